The number of para-hydroxylation sites is 1. The Morgan fingerprint density at radius 2 is 1.88 bits per heavy atom. The summed E-state index contributed by atoms with van der Waals surface area (Å²) in [6, 6.07) is 9.62. The van der Waals surface area contributed by atoms with Gasteiger partial charge in [0.15, 0.2) is 0 Å². The van der Waals surface area contributed by atoms with Gasteiger partial charge in [-0.15, -0.1) is 0 Å². The highest BCUT2D eigenvalue weighted by molar-refractivity contribution is 5.99. The van der Waals surface area contributed by atoms with Crippen LogP contribution in [-0.4, -0.2) is 41.8 Å². The lowest BCUT2D eigenvalue weighted by Gasteiger charge is -2.17. The monoisotopic (exact) mass is 343 g/mol. The maximum absolute atomic E-state index is 12.4. The summed E-state index contributed by atoms with van der Waals surface area (Å²) < 4.78 is 0. The number of nitrogens with one attached hydrogen (secondary N) is 2. The molecule has 1 aromatic carbocycles. The molecule has 6 N–H and O–H groups in total. The van der Waals surface area contributed by atoms with Crippen molar-refractivity contribution in [1.82, 2.24) is 15.6 Å². The zero-order valence-corrected chi connectivity index (χ0v) is 13.7. The zero-order valence-electron chi connectivity index (χ0n) is 13.7. The van der Waals surface area contributed by atoms with Gasteiger partial charge in [0.05, 0.1) is 11.9 Å². The molecule has 2 aromatic rings. The van der Waals surface area contributed by atoms with Crippen LogP contribution in [0.5, 0.6) is 0 Å². The molecule has 0 radical (unpaired) electrons. The fourth-order valence-electron chi connectivity index (χ4n) is 2.27. The first-order valence-corrected chi connectivity index (χ1v) is 7.94. The van der Waals surface area contributed by atoms with Crippen LogP contribution in [0.25, 0.3) is 10.9 Å². The second-order valence-corrected chi connectivity index (χ2v) is 5.52. The summed E-state index contributed by atoms with van der Waals surface area (Å²) in [4.78, 5) is 40.0. The highest BCUT2D eigenvalue weighted by Crippen LogP contribution is 2.12. The van der Waals surface area contributed by atoms with E-state index in [2.05, 4.69) is 15.6 Å². The second-order valence-electron chi connectivity index (χ2n) is 5.52. The van der Waals surface area contributed by atoms with Gasteiger partial charge < -0.3 is 22.1 Å². The van der Waals surface area contributed by atoms with Crippen LogP contribution in [0, 0.1) is 0 Å². The van der Waals surface area contributed by atoms with Crippen molar-refractivity contribution in [3.63, 3.8) is 0 Å². The van der Waals surface area contributed by atoms with E-state index in [9.17, 15) is 14.4 Å². The third kappa shape index (κ3) is 5.25. The number of carbonyl (C=O) groups is 3. The average Bonchev–Trinajstić information content (AvgIpc) is 2.60. The number of nitrogens with two attached hydrogens (primary N) is 2. The van der Waals surface area contributed by atoms with Gasteiger partial charge in [0, 0.05) is 11.9 Å². The van der Waals surface area contributed by atoms with Crippen molar-refractivity contribution in [2.45, 2.75) is 18.9 Å². The van der Waals surface area contributed by atoms with Crippen molar-refractivity contribution in [1.29, 1.82) is 0 Å². The lowest BCUT2D eigenvalue weighted by atomic mass is 10.1. The second kappa shape index (κ2) is 8.74. The van der Waals surface area contributed by atoms with Gasteiger partial charge in [-0.3, -0.25) is 14.4 Å². The number of fused-ring (bicyclic) bond motifs is 1. The van der Waals surface area contributed by atoms with E-state index >= 15 is 0 Å². The molecule has 0 spiro atoms. The first kappa shape index (κ1) is 18.3. The third-order valence-electron chi connectivity index (χ3n) is 3.54. The van der Waals surface area contributed by atoms with E-state index in [0.717, 1.165) is 5.39 Å². The number of pyridine rings is 1. The van der Waals surface area contributed by atoms with Gasteiger partial charge >= 0.3 is 0 Å². The van der Waals surface area contributed by atoms with Crippen LogP contribution in [0.2, 0.25) is 0 Å². The number of hydrogen-bond acceptors (Lipinski definition) is 5. The van der Waals surface area contributed by atoms with Crippen LogP contribution in [0.1, 0.15) is 23.3 Å². The molecule has 1 atom stereocenters. The summed E-state index contributed by atoms with van der Waals surface area (Å²) in [5.41, 5.74) is 11.4. The predicted octanol–water partition coefficient (Wildman–Crippen LogP) is -0.326. The van der Waals surface area contributed by atoms with Crippen molar-refractivity contribution >= 4 is 28.6 Å². The minimum Gasteiger partial charge on any atom is -0.370 e. The van der Waals surface area contributed by atoms with E-state index < -0.39 is 23.8 Å². The Balaban J connectivity index is 2.11. The van der Waals surface area contributed by atoms with Crippen molar-refractivity contribution in [2.75, 3.05) is 13.1 Å². The molecule has 0 saturated heterocycles. The predicted molar refractivity (Wildman–Crippen MR) is 93.5 cm³/mol. The van der Waals surface area contributed by atoms with Gasteiger partial charge in [0.1, 0.15) is 11.7 Å². The fraction of sp³-hybridized carbons (Fsp3) is 0.294. The van der Waals surface area contributed by atoms with Crippen LogP contribution in [0.4, 0.5) is 0 Å². The molecule has 0 aliphatic heterocycles. The summed E-state index contributed by atoms with van der Waals surface area (Å²) in [6.07, 6.45) is 0.295. The summed E-state index contributed by atoms with van der Waals surface area (Å²) in [5, 5.41) is 6.02. The smallest absolute Gasteiger partial charge is 0.270 e. The molecule has 8 heteroatoms. The number of hydrogen-bond donors (Lipinski definition) is 4. The topological polar surface area (TPSA) is 140 Å². The van der Waals surface area contributed by atoms with Gasteiger partial charge in [-0.05, 0) is 25.1 Å². The lowest BCUT2D eigenvalue weighted by molar-refractivity contribution is -0.126. The molecule has 8 nitrogen and oxygen atoms in total. The quantitative estimate of drug-likeness (QED) is 0.486. The SMILES string of the molecule is NCCCNC(=O)[C@H](CC(N)=O)NC(=O)c1ccc2ccccc2n1. The summed E-state index contributed by atoms with van der Waals surface area (Å²) >= 11 is 0. The molecular formula is C17H21N5O3. The minimum absolute atomic E-state index is 0.155. The number of primary amides is 1. The van der Waals surface area contributed by atoms with Crippen LogP contribution in [0.3, 0.4) is 0 Å². The van der Waals surface area contributed by atoms with Gasteiger partial charge in [-0.2, -0.15) is 0 Å². The molecule has 0 aliphatic rings. The normalized spacial score (nSPS) is 11.7. The van der Waals surface area contributed by atoms with Crippen LogP contribution < -0.4 is 22.1 Å². The first-order chi connectivity index (χ1) is 12.0. The third-order valence-corrected chi connectivity index (χ3v) is 3.54. The number of rotatable bonds is 8. The molecule has 0 unspecified atom stereocenters. The summed E-state index contributed by atoms with van der Waals surface area (Å²) in [6.45, 7) is 0.781. The van der Waals surface area contributed by atoms with E-state index in [1.54, 1.807) is 18.2 Å². The molecule has 2 rings (SSSR count). The molecule has 1 aromatic heterocycles. The molecule has 1 heterocycles. The molecule has 25 heavy (non-hydrogen) atoms. The summed E-state index contributed by atoms with van der Waals surface area (Å²) in [7, 11) is 0. The molecule has 3 amide bonds. The first-order valence-electron chi connectivity index (χ1n) is 7.94. The Morgan fingerprint density at radius 1 is 1.12 bits per heavy atom. The number of benzene rings is 1. The van der Waals surface area contributed by atoms with E-state index in [1.165, 1.54) is 0 Å². The Hall–Kier alpha value is -3.00. The maximum atomic E-state index is 12.4. The fourth-order valence-corrected chi connectivity index (χ4v) is 2.27. The zero-order chi connectivity index (χ0) is 18.2. The Bertz CT molecular complexity index is 778. The molecule has 0 aliphatic carbocycles. The largest absolute Gasteiger partial charge is 0.370 e. The van der Waals surface area contributed by atoms with Crippen LogP contribution in [0.15, 0.2) is 36.4 Å². The van der Waals surface area contributed by atoms with Gasteiger partial charge in [0.25, 0.3) is 5.91 Å². The molecule has 132 valence electrons. The van der Waals surface area contributed by atoms with Gasteiger partial charge in [0.2, 0.25) is 11.8 Å². The highest BCUT2D eigenvalue weighted by atomic mass is 16.2. The number of carbonyl (C=O) groups excluding carboxylic acids is 3. The lowest BCUT2D eigenvalue weighted by Crippen LogP contribution is -2.49. The number of amides is 3. The average molecular weight is 343 g/mol. The molecule has 0 bridgehead atoms. The Morgan fingerprint density at radius 3 is 2.60 bits per heavy atom. The molecule has 0 saturated carbocycles. The van der Waals surface area contributed by atoms with Crippen LogP contribution in [-0.2, 0) is 9.59 Å². The Labute approximate surface area is 145 Å². The Kier molecular flexibility index (Phi) is 6.41. The molecular weight excluding hydrogens is 322 g/mol. The summed E-state index contributed by atoms with van der Waals surface area (Å²) in [5.74, 6) is -1.72. The molecule has 0 fully saturated rings. The van der Waals surface area contributed by atoms with Crippen molar-refractivity contribution in [3.8, 4) is 0 Å². The van der Waals surface area contributed by atoms with E-state index in [0.29, 0.717) is 25.0 Å². The maximum Gasteiger partial charge on any atom is 0.270 e. The van der Waals surface area contributed by atoms with E-state index in [-0.39, 0.29) is 12.1 Å². The minimum atomic E-state index is -1.06. The van der Waals surface area contributed by atoms with Gasteiger partial charge in [-0.25, -0.2) is 4.98 Å². The highest BCUT2D eigenvalue weighted by Gasteiger charge is 2.23. The van der Waals surface area contributed by atoms with Crippen LogP contribution >= 0.6 is 0 Å². The standard InChI is InChI=1S/C17H21N5O3/c18-8-3-9-20-16(24)14(10-15(19)23)22-17(25)13-7-6-11-4-1-2-5-12(11)21-13/h1-2,4-7,14H,3,8-10,18H2,(H2,19,23)(H,20,24)(H,22,25)/t14-/m0/s1. The van der Waals surface area contributed by atoms with E-state index in [4.69, 9.17) is 11.5 Å². The van der Waals surface area contributed by atoms with Gasteiger partial charge in [-0.1, -0.05) is 24.3 Å². The van der Waals surface area contributed by atoms with Crippen molar-refractivity contribution in [2.24, 2.45) is 11.5 Å². The number of nitrogens with zero attached hydrogens (tertiary/aromatic N) is 1. The number of aromatic nitrogens is 1. The van der Waals surface area contributed by atoms with Crippen molar-refractivity contribution in [3.05, 3.63) is 42.1 Å². The van der Waals surface area contributed by atoms with E-state index in [1.807, 2.05) is 18.2 Å². The van der Waals surface area contributed by atoms with Crippen molar-refractivity contribution < 1.29 is 14.4 Å².